The third-order valence-electron chi connectivity index (χ3n) is 0. The molecular weight excluding hydrogens is 219 g/mol. The fourth-order valence-electron chi connectivity index (χ4n) is 0. The van der Waals surface area contributed by atoms with Gasteiger partial charge in [0.15, 0.2) is 0 Å². The normalized spacial score (nSPS) is 6.56. The second-order valence-electron chi connectivity index (χ2n) is 0.447. The fraction of sp³-hybridized carbons (Fsp3) is 0. The topological polar surface area (TPSA) is 148 Å². The molecule has 0 aliphatic carbocycles. The summed E-state index contributed by atoms with van der Waals surface area (Å²) in [7, 11) is -5.39. The van der Waals surface area contributed by atoms with Crippen molar-refractivity contribution in [3.8, 4) is 0 Å². The standard InChI is InChI=1S/Al.H3O4P.2H2O.Zn/c;1-5(2,3)4;;;/h;(H3,1,2,3,4);2*1H2;/q+3;;;;+2/p-4. The average molecular weight is 222 g/mol. The van der Waals surface area contributed by atoms with Crippen molar-refractivity contribution in [2.45, 2.75) is 0 Å². The molecule has 0 aromatic carbocycles. The number of rotatable bonds is 0. The zero-order valence-electron chi connectivity index (χ0n) is 4.31. The summed E-state index contributed by atoms with van der Waals surface area (Å²) >= 11 is 0. The van der Waals surface area contributed by atoms with Crippen LogP contribution >= 0.6 is 7.82 Å². The smallest absolute Gasteiger partial charge is 0.870 e. The molecule has 0 saturated heterocycles. The van der Waals surface area contributed by atoms with E-state index in [1.165, 1.54) is 0 Å². The van der Waals surface area contributed by atoms with E-state index in [0.717, 1.165) is 0 Å². The zero-order chi connectivity index (χ0) is 4.50. The van der Waals surface area contributed by atoms with Crippen LogP contribution in [-0.4, -0.2) is 28.3 Å². The number of hydrogen-bond acceptors (Lipinski definition) is 5. The maximum absolute atomic E-state index is 8.55. The first-order chi connectivity index (χ1) is 2.00. The van der Waals surface area contributed by atoms with Gasteiger partial charge in [-0.25, -0.2) is 0 Å². The summed E-state index contributed by atoms with van der Waals surface area (Å²) in [4.78, 5) is 25.6. The maximum atomic E-state index is 8.55. The van der Waals surface area contributed by atoms with Crippen molar-refractivity contribution < 1.29 is 49.7 Å². The van der Waals surface area contributed by atoms with E-state index < -0.39 is 7.82 Å². The first kappa shape index (κ1) is 32.0. The molecule has 3 N–H and O–H groups in total. The molecule has 0 aromatic rings. The molecule has 0 heterocycles. The summed E-state index contributed by atoms with van der Waals surface area (Å²) in [6.45, 7) is 0. The molecule has 0 rings (SSSR count). The fourth-order valence-corrected chi connectivity index (χ4v) is 0. The van der Waals surface area contributed by atoms with Gasteiger partial charge in [-0.1, -0.05) is 0 Å². The minimum atomic E-state index is -5.39. The molecule has 9 heteroatoms. The molecule has 48 valence electrons. The molecule has 0 spiro atoms. The predicted octanol–water partition coefficient (Wildman–Crippen LogP) is -4.21. The average Bonchev–Trinajstić information content (AvgIpc) is 0.722. The molecule has 6 nitrogen and oxygen atoms in total. The van der Waals surface area contributed by atoms with Crippen molar-refractivity contribution >= 4 is 25.2 Å². The van der Waals surface area contributed by atoms with Crippen LogP contribution in [0.2, 0.25) is 0 Å². The Morgan fingerprint density at radius 1 is 1.11 bits per heavy atom. The van der Waals surface area contributed by atoms with Gasteiger partial charge in [-0.15, -0.1) is 0 Å². The van der Waals surface area contributed by atoms with E-state index in [2.05, 4.69) is 0 Å². The van der Waals surface area contributed by atoms with Crippen LogP contribution < -0.4 is 14.7 Å². The summed E-state index contributed by atoms with van der Waals surface area (Å²) in [6, 6.07) is 0. The Morgan fingerprint density at radius 2 is 1.11 bits per heavy atom. The van der Waals surface area contributed by atoms with Crippen molar-refractivity contribution in [3.63, 3.8) is 0 Å². The zero-order valence-corrected chi connectivity index (χ0v) is 9.33. The van der Waals surface area contributed by atoms with Gasteiger partial charge in [-0.2, -0.15) is 7.82 Å². The van der Waals surface area contributed by atoms with E-state index in [9.17, 15) is 0 Å². The third kappa shape index (κ3) is 337. The van der Waals surface area contributed by atoms with Crippen molar-refractivity contribution in [1.29, 1.82) is 0 Å². The van der Waals surface area contributed by atoms with Gasteiger partial charge in [0.1, 0.15) is 0 Å². The Bertz CT molecular complexity index is 59.2. The molecule has 0 fully saturated rings. The van der Waals surface area contributed by atoms with Crippen LogP contribution in [0.3, 0.4) is 0 Å². The van der Waals surface area contributed by atoms with Crippen molar-refractivity contribution in [2.24, 2.45) is 0 Å². The van der Waals surface area contributed by atoms with Gasteiger partial charge in [0, 0.05) is 0 Å². The van der Waals surface area contributed by atoms with Crippen molar-refractivity contribution in [1.82, 2.24) is 0 Å². The molecule has 0 aliphatic rings. The van der Waals surface area contributed by atoms with Crippen molar-refractivity contribution in [2.75, 3.05) is 0 Å². The van der Waals surface area contributed by atoms with Gasteiger partial charge in [0.2, 0.25) is 0 Å². The Morgan fingerprint density at radius 3 is 1.11 bits per heavy atom. The Hall–Kier alpha value is 1.19. The molecular formula is H3AlO6PZn+. The van der Waals surface area contributed by atoms with Crippen LogP contribution in [0.1, 0.15) is 0 Å². The van der Waals surface area contributed by atoms with E-state index in [1.807, 2.05) is 0 Å². The molecule has 0 amide bonds. The second-order valence-corrected chi connectivity index (χ2v) is 1.34. The molecule has 0 saturated carbocycles. The predicted molar refractivity (Wildman–Crippen MR) is 18.9 cm³/mol. The van der Waals surface area contributed by atoms with Crippen molar-refractivity contribution in [3.05, 3.63) is 0 Å². The Kier molecular flexibility index (Phi) is 42.3. The minimum Gasteiger partial charge on any atom is -0.870 e. The molecule has 0 unspecified atom stereocenters. The van der Waals surface area contributed by atoms with Gasteiger partial charge >= 0.3 is 36.8 Å². The minimum absolute atomic E-state index is 0. The number of phosphoric acid groups is 1. The SMILES string of the molecule is O.O=P([O-])([O-])[O-].[Al+3].[OH-].[Zn+2]. The van der Waals surface area contributed by atoms with Gasteiger partial charge in [0.25, 0.3) is 0 Å². The first-order valence-corrected chi connectivity index (χ1v) is 2.19. The van der Waals surface area contributed by atoms with Crippen LogP contribution in [0.4, 0.5) is 0 Å². The van der Waals surface area contributed by atoms with Gasteiger partial charge < -0.3 is 30.2 Å². The van der Waals surface area contributed by atoms with Crippen LogP contribution in [0.25, 0.3) is 0 Å². The molecule has 0 bridgehead atoms. The largest absolute Gasteiger partial charge is 3.00 e. The van der Waals surface area contributed by atoms with E-state index >= 15 is 0 Å². The second kappa shape index (κ2) is 11.9. The molecule has 0 aliphatic heterocycles. The van der Waals surface area contributed by atoms with Gasteiger partial charge in [-0.3, -0.25) is 0 Å². The summed E-state index contributed by atoms with van der Waals surface area (Å²) in [5.74, 6) is 0. The van der Waals surface area contributed by atoms with E-state index in [4.69, 9.17) is 19.2 Å². The monoisotopic (exact) mass is 221 g/mol. The molecule has 0 atom stereocenters. The summed E-state index contributed by atoms with van der Waals surface area (Å²) in [6.07, 6.45) is 0. The van der Waals surface area contributed by atoms with E-state index in [-0.39, 0.29) is 47.8 Å². The molecule has 9 heavy (non-hydrogen) atoms. The Labute approximate surface area is 75.0 Å². The summed E-state index contributed by atoms with van der Waals surface area (Å²) < 4.78 is 8.55. The maximum Gasteiger partial charge on any atom is 3.00 e. The third-order valence-corrected chi connectivity index (χ3v) is 0. The summed E-state index contributed by atoms with van der Waals surface area (Å²) in [5.41, 5.74) is 0. The van der Waals surface area contributed by atoms with Crippen LogP contribution in [0.5, 0.6) is 0 Å². The quantitative estimate of drug-likeness (QED) is 0.301. The van der Waals surface area contributed by atoms with Crippen LogP contribution in [0.15, 0.2) is 0 Å². The Balaban J connectivity index is -0.0000000133. The van der Waals surface area contributed by atoms with E-state index in [0.29, 0.717) is 0 Å². The molecule has 0 radical (unpaired) electrons. The van der Waals surface area contributed by atoms with E-state index in [1.54, 1.807) is 0 Å². The number of hydrogen-bond donors (Lipinski definition) is 0. The van der Waals surface area contributed by atoms with Gasteiger partial charge in [0.05, 0.1) is 0 Å². The van der Waals surface area contributed by atoms with Crippen LogP contribution in [-0.2, 0) is 24.0 Å². The van der Waals surface area contributed by atoms with Crippen LogP contribution in [0, 0.1) is 0 Å². The van der Waals surface area contributed by atoms with Gasteiger partial charge in [-0.05, 0) is 0 Å². The summed E-state index contributed by atoms with van der Waals surface area (Å²) in [5, 5.41) is 0. The first-order valence-electron chi connectivity index (χ1n) is 0.730. The molecule has 0 aromatic heterocycles.